The molecule has 0 radical (unpaired) electrons. The van der Waals surface area contributed by atoms with Gasteiger partial charge in [-0.15, -0.1) is 0 Å². The van der Waals surface area contributed by atoms with Gasteiger partial charge in [0, 0.05) is 88.4 Å². The Morgan fingerprint density at radius 2 is 0.844 bits per heavy atom. The fraction of sp³-hybridized carbons (Fsp3) is 0. The van der Waals surface area contributed by atoms with Gasteiger partial charge in [0.2, 0.25) is 0 Å². The lowest BCUT2D eigenvalue weighted by Gasteiger charge is -2.12. The number of benzene rings is 1. The van der Waals surface area contributed by atoms with Crippen molar-refractivity contribution in [1.29, 1.82) is 0 Å². The third-order valence-electron chi connectivity index (χ3n) is 8.72. The highest BCUT2D eigenvalue weighted by Crippen LogP contribution is 2.37. The van der Waals surface area contributed by atoms with Crippen LogP contribution in [-0.2, 0) is 0 Å². The second-order valence-corrected chi connectivity index (χ2v) is 11.1. The van der Waals surface area contributed by atoms with Crippen molar-refractivity contribution >= 4 is 65.5 Å². The van der Waals surface area contributed by atoms with Gasteiger partial charge < -0.3 is 13.7 Å². The van der Waals surface area contributed by atoms with E-state index in [1.165, 1.54) is 0 Å². The van der Waals surface area contributed by atoms with Gasteiger partial charge in [0.15, 0.2) is 0 Å². The lowest BCUT2D eigenvalue weighted by atomic mass is 10.2. The average molecular weight is 580 g/mol. The maximum Gasteiger partial charge on any atom is 0.0964 e. The Kier molecular flexibility index (Phi) is 4.81. The first kappa shape index (κ1) is 24.0. The molecule has 0 aliphatic heterocycles. The van der Waals surface area contributed by atoms with Crippen LogP contribution in [0.25, 0.3) is 82.6 Å². The highest BCUT2D eigenvalue weighted by Gasteiger charge is 2.19. The molecule has 0 atom stereocenters. The lowest BCUT2D eigenvalue weighted by molar-refractivity contribution is 1.08. The number of hydrogen-bond acceptors (Lipinski definition) is 6. The summed E-state index contributed by atoms with van der Waals surface area (Å²) >= 11 is 0. The van der Waals surface area contributed by atoms with Crippen molar-refractivity contribution in [2.24, 2.45) is 0 Å². The summed E-state index contributed by atoms with van der Waals surface area (Å²) in [5.41, 5.74) is 10.2. The lowest BCUT2D eigenvalue weighted by Crippen LogP contribution is -2.00. The van der Waals surface area contributed by atoms with Gasteiger partial charge in [-0.3, -0.25) is 29.9 Å². The minimum atomic E-state index is 0.929. The Morgan fingerprint density at radius 1 is 0.356 bits per heavy atom. The molecule has 0 N–H and O–H groups in total. The average Bonchev–Trinajstić information content (AvgIpc) is 3.74. The van der Waals surface area contributed by atoms with Crippen molar-refractivity contribution in [3.05, 3.63) is 129 Å². The zero-order valence-corrected chi connectivity index (χ0v) is 23.6. The van der Waals surface area contributed by atoms with E-state index in [0.29, 0.717) is 0 Å². The van der Waals surface area contributed by atoms with Gasteiger partial charge in [-0.2, -0.15) is 0 Å². The summed E-state index contributed by atoms with van der Waals surface area (Å²) in [5, 5.41) is 5.30. The summed E-state index contributed by atoms with van der Waals surface area (Å²) < 4.78 is 6.74. The van der Waals surface area contributed by atoms with E-state index in [0.717, 1.165) is 82.6 Å². The molecule has 1 aromatic carbocycles. The smallest absolute Gasteiger partial charge is 0.0964 e. The van der Waals surface area contributed by atoms with Crippen molar-refractivity contribution in [3.63, 3.8) is 0 Å². The third-order valence-corrected chi connectivity index (χ3v) is 8.72. The zero-order chi connectivity index (χ0) is 29.5. The van der Waals surface area contributed by atoms with Gasteiger partial charge in [-0.25, -0.2) is 0 Å². The summed E-state index contributed by atoms with van der Waals surface area (Å²) in [7, 11) is 0. The molecule has 0 spiro atoms. The van der Waals surface area contributed by atoms with Gasteiger partial charge in [-0.05, 0) is 60.7 Å². The van der Waals surface area contributed by atoms with Crippen molar-refractivity contribution in [2.45, 2.75) is 0 Å². The topological polar surface area (TPSA) is 92.1 Å². The number of aromatic nitrogens is 9. The minimum Gasteiger partial charge on any atom is -0.309 e. The second kappa shape index (κ2) is 9.01. The first-order valence-corrected chi connectivity index (χ1v) is 14.6. The van der Waals surface area contributed by atoms with Gasteiger partial charge >= 0.3 is 0 Å². The van der Waals surface area contributed by atoms with E-state index >= 15 is 0 Å². The van der Waals surface area contributed by atoms with Crippen molar-refractivity contribution in [2.75, 3.05) is 0 Å². The highest BCUT2D eigenvalue weighted by atomic mass is 15.0. The summed E-state index contributed by atoms with van der Waals surface area (Å²) in [4.78, 5) is 27.1. The molecule has 9 nitrogen and oxygen atoms in total. The second-order valence-electron chi connectivity index (χ2n) is 11.1. The molecule has 0 bridgehead atoms. The summed E-state index contributed by atoms with van der Waals surface area (Å²) in [6.45, 7) is 0. The molecular weight excluding hydrogens is 558 g/mol. The SMILES string of the molecule is c1cnc2c3cc(-n4c5ccncc5c5cnccc54)ccc3n(-c3cncc(-n4c5ccncc5c5cnccc54)c3)c2c1. The first-order chi connectivity index (χ1) is 22.3. The molecule has 9 heteroatoms. The Labute approximate surface area is 254 Å². The van der Waals surface area contributed by atoms with E-state index in [-0.39, 0.29) is 0 Å². The van der Waals surface area contributed by atoms with Gasteiger partial charge in [0.05, 0.1) is 62.4 Å². The molecule has 0 amide bonds. The van der Waals surface area contributed by atoms with Crippen LogP contribution in [-0.4, -0.2) is 43.6 Å². The van der Waals surface area contributed by atoms with Gasteiger partial charge in [0.25, 0.3) is 0 Å². The molecule has 10 rings (SSSR count). The summed E-state index contributed by atoms with van der Waals surface area (Å²) in [6.07, 6.45) is 20.6. The first-order valence-electron chi connectivity index (χ1n) is 14.6. The van der Waals surface area contributed by atoms with E-state index in [2.05, 4.69) is 76.1 Å². The Balaban J connectivity index is 1.22. The molecule has 9 heterocycles. The fourth-order valence-electron chi connectivity index (χ4n) is 6.88. The van der Waals surface area contributed by atoms with E-state index in [9.17, 15) is 0 Å². The van der Waals surface area contributed by atoms with E-state index < -0.39 is 0 Å². The van der Waals surface area contributed by atoms with Crippen LogP contribution in [0.3, 0.4) is 0 Å². The number of pyridine rings is 6. The predicted molar refractivity (Wildman–Crippen MR) is 176 cm³/mol. The van der Waals surface area contributed by atoms with Crippen LogP contribution >= 0.6 is 0 Å². The molecule has 0 aliphatic rings. The quantitative estimate of drug-likeness (QED) is 0.217. The van der Waals surface area contributed by atoms with Crippen LogP contribution in [0.4, 0.5) is 0 Å². The Bertz CT molecular complexity index is 2680. The van der Waals surface area contributed by atoms with Crippen LogP contribution in [0.2, 0.25) is 0 Å². The largest absolute Gasteiger partial charge is 0.309 e. The predicted octanol–water partition coefficient (Wildman–Crippen LogP) is 7.35. The van der Waals surface area contributed by atoms with Crippen molar-refractivity contribution < 1.29 is 0 Å². The maximum absolute atomic E-state index is 4.87. The number of hydrogen-bond donors (Lipinski definition) is 0. The van der Waals surface area contributed by atoms with E-state index in [4.69, 9.17) is 9.97 Å². The standard InChI is InChI=1S/C36H21N9/c1-2-35-36(42-9-1)25-15-22(43-31-5-10-37-18-26(31)27-19-38-11-6-32(27)43)3-4-30(25)45(35)24-14-23(16-41-17-24)44-33-7-12-39-20-28(33)29-21-40-13-8-34(29)44/h1-21H. The number of nitrogens with zero attached hydrogens (tertiary/aromatic N) is 9. The minimum absolute atomic E-state index is 0.929. The molecule has 0 unspecified atom stereocenters. The number of rotatable bonds is 3. The maximum atomic E-state index is 4.87. The molecular formula is C36H21N9. The van der Waals surface area contributed by atoms with Crippen LogP contribution in [0.5, 0.6) is 0 Å². The summed E-state index contributed by atoms with van der Waals surface area (Å²) in [5.74, 6) is 0. The van der Waals surface area contributed by atoms with Gasteiger partial charge in [-0.1, -0.05) is 0 Å². The van der Waals surface area contributed by atoms with Crippen LogP contribution in [0.15, 0.2) is 129 Å². The molecule has 0 saturated carbocycles. The Morgan fingerprint density at radius 3 is 1.40 bits per heavy atom. The molecule has 0 aliphatic carbocycles. The van der Waals surface area contributed by atoms with E-state index in [1.807, 2.05) is 86.4 Å². The molecule has 0 saturated heterocycles. The number of fused-ring (bicyclic) bond motifs is 9. The zero-order valence-electron chi connectivity index (χ0n) is 23.6. The monoisotopic (exact) mass is 579 g/mol. The van der Waals surface area contributed by atoms with Crippen LogP contribution < -0.4 is 0 Å². The highest BCUT2D eigenvalue weighted by molar-refractivity contribution is 6.11. The molecule has 210 valence electrons. The molecule has 0 fully saturated rings. The van der Waals surface area contributed by atoms with Crippen molar-refractivity contribution in [1.82, 2.24) is 43.6 Å². The Hall–Kier alpha value is -6.48. The van der Waals surface area contributed by atoms with Crippen LogP contribution in [0, 0.1) is 0 Å². The van der Waals surface area contributed by atoms with Crippen LogP contribution in [0.1, 0.15) is 0 Å². The molecule has 9 aromatic heterocycles. The molecule has 10 aromatic rings. The van der Waals surface area contributed by atoms with Gasteiger partial charge in [0.1, 0.15) is 0 Å². The summed E-state index contributed by atoms with van der Waals surface area (Å²) in [6, 6.07) is 21.0. The normalized spacial score (nSPS) is 12.0. The third kappa shape index (κ3) is 3.31. The van der Waals surface area contributed by atoms with E-state index in [1.54, 1.807) is 0 Å². The van der Waals surface area contributed by atoms with Crippen molar-refractivity contribution in [3.8, 4) is 17.1 Å². The fourth-order valence-corrected chi connectivity index (χ4v) is 6.88. The molecule has 45 heavy (non-hydrogen) atoms.